The van der Waals surface area contributed by atoms with E-state index < -0.39 is 0 Å². The Morgan fingerprint density at radius 3 is 2.42 bits per heavy atom. The van der Waals surface area contributed by atoms with Crippen molar-refractivity contribution in [1.82, 2.24) is 25.1 Å². The van der Waals surface area contributed by atoms with E-state index in [0.717, 1.165) is 36.5 Å². The van der Waals surface area contributed by atoms with Gasteiger partial charge in [0.05, 0.1) is 24.0 Å². The smallest absolute Gasteiger partial charge is 0.150 e. The van der Waals surface area contributed by atoms with Gasteiger partial charge in [-0.05, 0) is 32.6 Å². The zero-order valence-electron chi connectivity index (χ0n) is 15.1. The molecule has 0 radical (unpaired) electrons. The molecule has 2 saturated heterocycles. The number of hydrogen-bond acceptors (Lipinski definition) is 5. The molecular formula is C18H27N5O. The van der Waals surface area contributed by atoms with Crippen molar-refractivity contribution in [1.29, 1.82) is 0 Å². The van der Waals surface area contributed by atoms with E-state index in [1.54, 1.807) is 0 Å². The average Bonchev–Trinajstić information content (AvgIpc) is 3.19. The summed E-state index contributed by atoms with van der Waals surface area (Å²) in [6.07, 6.45) is 7.00. The zero-order chi connectivity index (χ0) is 16.9. The molecule has 2 atom stereocenters. The first-order valence-electron chi connectivity index (χ1n) is 9.00. The predicted octanol–water partition coefficient (Wildman–Crippen LogP) is 3.24. The normalized spacial score (nSPS) is 27.8. The summed E-state index contributed by atoms with van der Waals surface area (Å²) >= 11 is 0. The van der Waals surface area contributed by atoms with Gasteiger partial charge >= 0.3 is 0 Å². The zero-order valence-corrected chi connectivity index (χ0v) is 15.1. The first-order chi connectivity index (χ1) is 11.4. The molecule has 130 valence electrons. The van der Waals surface area contributed by atoms with Gasteiger partial charge in [-0.1, -0.05) is 31.1 Å². The van der Waals surface area contributed by atoms with Crippen molar-refractivity contribution >= 4 is 0 Å². The Morgan fingerprint density at radius 1 is 1.17 bits per heavy atom. The summed E-state index contributed by atoms with van der Waals surface area (Å²) in [5, 5.41) is 12.9. The Morgan fingerprint density at radius 2 is 1.88 bits per heavy atom. The molecule has 0 N–H and O–H groups in total. The number of aromatic nitrogens is 4. The van der Waals surface area contributed by atoms with Crippen LogP contribution in [0.4, 0.5) is 0 Å². The van der Waals surface area contributed by atoms with Crippen LogP contribution in [-0.4, -0.2) is 37.1 Å². The van der Waals surface area contributed by atoms with Gasteiger partial charge in [0, 0.05) is 29.8 Å². The Hall–Kier alpha value is -1.69. The van der Waals surface area contributed by atoms with Gasteiger partial charge in [0.1, 0.15) is 0 Å². The highest BCUT2D eigenvalue weighted by molar-refractivity contribution is 5.09. The van der Waals surface area contributed by atoms with Gasteiger partial charge in [0.15, 0.2) is 5.76 Å². The third-order valence-corrected chi connectivity index (χ3v) is 5.53. The van der Waals surface area contributed by atoms with E-state index in [1.807, 2.05) is 6.92 Å². The highest BCUT2D eigenvalue weighted by Gasteiger charge is 2.42. The predicted molar refractivity (Wildman–Crippen MR) is 90.6 cm³/mol. The van der Waals surface area contributed by atoms with Crippen LogP contribution in [0.25, 0.3) is 0 Å². The van der Waals surface area contributed by atoms with Crippen LogP contribution in [0, 0.1) is 6.92 Å². The molecule has 0 aliphatic carbocycles. The fourth-order valence-corrected chi connectivity index (χ4v) is 4.19. The molecule has 2 unspecified atom stereocenters. The van der Waals surface area contributed by atoms with Crippen molar-refractivity contribution in [2.24, 2.45) is 0 Å². The number of rotatable bonds is 3. The maximum atomic E-state index is 5.42. The molecule has 2 bridgehead atoms. The lowest BCUT2D eigenvalue weighted by molar-refractivity contribution is 0.0850. The maximum absolute atomic E-state index is 5.42. The summed E-state index contributed by atoms with van der Waals surface area (Å²) in [7, 11) is 0. The minimum Gasteiger partial charge on any atom is -0.360 e. The maximum Gasteiger partial charge on any atom is 0.150 e. The van der Waals surface area contributed by atoms with Crippen molar-refractivity contribution in [2.45, 2.75) is 83.5 Å². The molecule has 0 aromatic carbocycles. The molecule has 24 heavy (non-hydrogen) atoms. The standard InChI is InChI=1S/C18H27N5O/c1-12-7-16(24-20-12)10-22-13-5-6-14(22)9-15(8-13)23-11-17(19-21-23)18(2,3)4/h7,11,13-15H,5-6,8-10H2,1-4H3. The molecule has 0 amide bonds. The summed E-state index contributed by atoms with van der Waals surface area (Å²) in [5.74, 6) is 0.985. The third kappa shape index (κ3) is 2.88. The number of hydrogen-bond donors (Lipinski definition) is 0. The first kappa shape index (κ1) is 15.8. The van der Waals surface area contributed by atoms with E-state index in [2.05, 4.69) is 58.1 Å². The third-order valence-electron chi connectivity index (χ3n) is 5.53. The topological polar surface area (TPSA) is 60.0 Å². The highest BCUT2D eigenvalue weighted by Crippen LogP contribution is 2.41. The lowest BCUT2D eigenvalue weighted by atomic mass is 9.93. The van der Waals surface area contributed by atoms with Gasteiger partial charge in [0.2, 0.25) is 0 Å². The number of aryl methyl sites for hydroxylation is 1. The van der Waals surface area contributed by atoms with E-state index in [-0.39, 0.29) is 5.41 Å². The van der Waals surface area contributed by atoms with E-state index >= 15 is 0 Å². The van der Waals surface area contributed by atoms with Crippen molar-refractivity contribution < 1.29 is 4.52 Å². The van der Waals surface area contributed by atoms with Crippen LogP contribution in [0.3, 0.4) is 0 Å². The SMILES string of the molecule is Cc1cc(CN2C3CCC2CC(n2cc(C(C)(C)C)nn2)C3)on1. The Kier molecular flexibility index (Phi) is 3.75. The van der Waals surface area contributed by atoms with Crippen LogP contribution < -0.4 is 0 Å². The van der Waals surface area contributed by atoms with Crippen molar-refractivity contribution in [2.75, 3.05) is 0 Å². The summed E-state index contributed by atoms with van der Waals surface area (Å²) < 4.78 is 7.54. The summed E-state index contributed by atoms with van der Waals surface area (Å²) in [4.78, 5) is 2.61. The molecule has 2 aromatic heterocycles. The molecule has 2 aliphatic heterocycles. The molecule has 4 rings (SSSR count). The van der Waals surface area contributed by atoms with E-state index in [1.165, 1.54) is 12.8 Å². The van der Waals surface area contributed by atoms with Gasteiger partial charge in [-0.2, -0.15) is 0 Å². The van der Waals surface area contributed by atoms with Crippen LogP contribution in [-0.2, 0) is 12.0 Å². The molecule has 6 nitrogen and oxygen atoms in total. The van der Waals surface area contributed by atoms with Crippen LogP contribution in [0.2, 0.25) is 0 Å². The second kappa shape index (κ2) is 5.69. The van der Waals surface area contributed by atoms with Crippen LogP contribution >= 0.6 is 0 Å². The minimum absolute atomic E-state index is 0.0576. The van der Waals surface area contributed by atoms with E-state index in [0.29, 0.717) is 18.1 Å². The molecule has 2 aliphatic rings. The van der Waals surface area contributed by atoms with Gasteiger partial charge in [0.25, 0.3) is 0 Å². The lowest BCUT2D eigenvalue weighted by Crippen LogP contribution is -2.42. The molecule has 2 aromatic rings. The van der Waals surface area contributed by atoms with Crippen LogP contribution in [0.1, 0.15) is 69.6 Å². The number of piperidine rings is 1. The highest BCUT2D eigenvalue weighted by atomic mass is 16.5. The summed E-state index contributed by atoms with van der Waals surface area (Å²) in [6.45, 7) is 9.42. The van der Waals surface area contributed by atoms with Gasteiger partial charge in [-0.25, -0.2) is 4.68 Å². The Labute approximate surface area is 143 Å². The largest absolute Gasteiger partial charge is 0.360 e. The fourth-order valence-electron chi connectivity index (χ4n) is 4.19. The van der Waals surface area contributed by atoms with Crippen molar-refractivity contribution in [3.05, 3.63) is 29.4 Å². The molecular weight excluding hydrogens is 302 g/mol. The first-order valence-corrected chi connectivity index (χ1v) is 9.00. The number of nitrogens with zero attached hydrogens (tertiary/aromatic N) is 5. The molecule has 2 fully saturated rings. The number of fused-ring (bicyclic) bond motifs is 2. The lowest BCUT2D eigenvalue weighted by Gasteiger charge is -2.38. The summed E-state index contributed by atoms with van der Waals surface area (Å²) in [6, 6.07) is 3.75. The molecule has 0 saturated carbocycles. The van der Waals surface area contributed by atoms with Crippen molar-refractivity contribution in [3.63, 3.8) is 0 Å². The monoisotopic (exact) mass is 329 g/mol. The fraction of sp³-hybridized carbons (Fsp3) is 0.722. The van der Waals surface area contributed by atoms with Gasteiger partial charge < -0.3 is 4.52 Å². The second-order valence-electron chi connectivity index (χ2n) is 8.45. The average molecular weight is 329 g/mol. The molecule has 4 heterocycles. The van der Waals surface area contributed by atoms with Crippen LogP contribution in [0.15, 0.2) is 16.8 Å². The Balaban J connectivity index is 1.47. The summed E-state index contributed by atoms with van der Waals surface area (Å²) in [5.41, 5.74) is 2.10. The second-order valence-corrected chi connectivity index (χ2v) is 8.45. The van der Waals surface area contributed by atoms with E-state index in [9.17, 15) is 0 Å². The minimum atomic E-state index is 0.0576. The molecule has 6 heteroatoms. The van der Waals surface area contributed by atoms with E-state index in [4.69, 9.17) is 4.52 Å². The van der Waals surface area contributed by atoms with Crippen LogP contribution in [0.5, 0.6) is 0 Å². The van der Waals surface area contributed by atoms with Gasteiger partial charge in [-0.15, -0.1) is 5.10 Å². The quantitative estimate of drug-likeness (QED) is 0.865. The van der Waals surface area contributed by atoms with Crippen molar-refractivity contribution in [3.8, 4) is 0 Å². The van der Waals surface area contributed by atoms with Gasteiger partial charge in [-0.3, -0.25) is 4.90 Å². The molecule has 0 spiro atoms. The Bertz CT molecular complexity index is 699.